The largest absolute Gasteiger partial charge is 0.573 e. The van der Waals surface area contributed by atoms with E-state index in [1.165, 1.54) is 29.0 Å². The summed E-state index contributed by atoms with van der Waals surface area (Å²) in [7, 11) is 0. The van der Waals surface area contributed by atoms with Crippen LogP contribution in [0, 0.1) is 0 Å². The smallest absolute Gasteiger partial charge is 0.406 e. The highest BCUT2D eigenvalue weighted by atomic mass is 19.4. The van der Waals surface area contributed by atoms with E-state index in [1.807, 2.05) is 0 Å². The fourth-order valence-electron chi connectivity index (χ4n) is 2.88. The van der Waals surface area contributed by atoms with E-state index in [-0.39, 0.29) is 28.3 Å². The van der Waals surface area contributed by atoms with E-state index < -0.39 is 29.3 Å². The Bertz CT molecular complexity index is 1210. The molecule has 0 unspecified atom stereocenters. The lowest BCUT2D eigenvalue weighted by molar-refractivity contribution is -0.274. The number of nitrogens with one attached hydrogen (secondary N) is 2. The molecule has 2 heterocycles. The number of fused-ring (bicyclic) bond motifs is 1. The van der Waals surface area contributed by atoms with Gasteiger partial charge in [-0.2, -0.15) is 0 Å². The Morgan fingerprint density at radius 2 is 1.90 bits per heavy atom. The normalized spacial score (nSPS) is 14.0. The summed E-state index contributed by atoms with van der Waals surface area (Å²) in [4.78, 5) is 42.9. The Morgan fingerprint density at radius 3 is 2.52 bits per heavy atom. The van der Waals surface area contributed by atoms with Crippen LogP contribution in [-0.2, 0) is 0 Å². The van der Waals surface area contributed by atoms with Crippen molar-refractivity contribution in [2.75, 3.05) is 5.32 Å². The second-order valence-corrected chi connectivity index (χ2v) is 6.48. The van der Waals surface area contributed by atoms with Crippen molar-refractivity contribution < 1.29 is 22.7 Å². The maximum absolute atomic E-state index is 12.4. The number of amides is 1. The molecule has 29 heavy (non-hydrogen) atoms. The molecule has 0 aliphatic heterocycles. The van der Waals surface area contributed by atoms with Crippen molar-refractivity contribution in [1.29, 1.82) is 0 Å². The fourth-order valence-corrected chi connectivity index (χ4v) is 2.88. The molecule has 0 bridgehead atoms. The number of carbonyl (C=O) groups excluding carboxylic acids is 1. The van der Waals surface area contributed by atoms with Gasteiger partial charge in [-0.1, -0.05) is 0 Å². The van der Waals surface area contributed by atoms with Crippen LogP contribution in [0.5, 0.6) is 5.75 Å². The van der Waals surface area contributed by atoms with E-state index in [1.54, 1.807) is 0 Å². The Labute approximate surface area is 160 Å². The molecule has 1 aliphatic carbocycles. The van der Waals surface area contributed by atoms with Gasteiger partial charge in [0, 0.05) is 17.9 Å². The van der Waals surface area contributed by atoms with Crippen molar-refractivity contribution in [2.24, 2.45) is 0 Å². The Morgan fingerprint density at radius 1 is 1.21 bits per heavy atom. The van der Waals surface area contributed by atoms with Crippen LogP contribution in [0.25, 0.3) is 11.0 Å². The molecule has 0 saturated heterocycles. The van der Waals surface area contributed by atoms with Crippen molar-refractivity contribution in [3.05, 3.63) is 62.9 Å². The van der Waals surface area contributed by atoms with Gasteiger partial charge in [-0.25, -0.2) is 9.78 Å². The van der Waals surface area contributed by atoms with Crippen LogP contribution in [0.4, 0.5) is 18.9 Å². The quantitative estimate of drug-likeness (QED) is 0.693. The summed E-state index contributed by atoms with van der Waals surface area (Å²) in [6.07, 6.45) is -1.97. The Kier molecular flexibility index (Phi) is 4.36. The molecule has 150 valence electrons. The number of hydrogen-bond donors (Lipinski definition) is 2. The number of hydrogen-bond acceptors (Lipinski definition) is 5. The first kappa shape index (κ1) is 18.7. The summed E-state index contributed by atoms with van der Waals surface area (Å²) in [6, 6.07) is 5.89. The summed E-state index contributed by atoms with van der Waals surface area (Å²) in [5, 5.41) is 2.59. The minimum atomic E-state index is -4.81. The first-order valence-corrected chi connectivity index (χ1v) is 8.53. The van der Waals surface area contributed by atoms with Gasteiger partial charge in [-0.15, -0.1) is 13.2 Å². The van der Waals surface area contributed by atoms with E-state index in [0.717, 1.165) is 25.0 Å². The number of aromatic amines is 1. The van der Waals surface area contributed by atoms with Gasteiger partial charge in [-0.3, -0.25) is 19.1 Å². The summed E-state index contributed by atoms with van der Waals surface area (Å²) in [5.74, 6) is -1.04. The molecule has 1 saturated carbocycles. The van der Waals surface area contributed by atoms with E-state index in [2.05, 4.69) is 20.0 Å². The number of aromatic nitrogens is 3. The number of alkyl halides is 3. The minimum absolute atomic E-state index is 0.0218. The lowest BCUT2D eigenvalue weighted by Gasteiger charge is -2.10. The third-order valence-corrected chi connectivity index (χ3v) is 4.30. The maximum Gasteiger partial charge on any atom is 0.573 e. The third kappa shape index (κ3) is 3.98. The molecule has 1 aliphatic rings. The van der Waals surface area contributed by atoms with Crippen LogP contribution in [-0.4, -0.2) is 26.8 Å². The summed E-state index contributed by atoms with van der Waals surface area (Å²) < 4.78 is 41.7. The zero-order valence-corrected chi connectivity index (χ0v) is 14.6. The molecule has 11 heteroatoms. The third-order valence-electron chi connectivity index (χ3n) is 4.30. The van der Waals surface area contributed by atoms with Crippen LogP contribution >= 0.6 is 0 Å². The molecule has 0 spiro atoms. The average molecular weight is 406 g/mol. The van der Waals surface area contributed by atoms with Crippen LogP contribution in [0.3, 0.4) is 0 Å². The van der Waals surface area contributed by atoms with E-state index in [4.69, 9.17) is 0 Å². The van der Waals surface area contributed by atoms with Crippen molar-refractivity contribution in [3.8, 4) is 5.75 Å². The van der Waals surface area contributed by atoms with Crippen molar-refractivity contribution >= 4 is 22.6 Å². The van der Waals surface area contributed by atoms with Gasteiger partial charge in [-0.05, 0) is 43.2 Å². The van der Waals surface area contributed by atoms with Gasteiger partial charge in [0.05, 0.1) is 10.9 Å². The molecule has 1 fully saturated rings. The highest BCUT2D eigenvalue weighted by Crippen LogP contribution is 2.34. The first-order chi connectivity index (χ1) is 13.7. The number of halogens is 3. The second kappa shape index (κ2) is 6.76. The molecule has 1 aromatic carbocycles. The first-order valence-electron chi connectivity index (χ1n) is 8.53. The molecule has 2 N–H and O–H groups in total. The Hall–Kier alpha value is -3.63. The number of nitrogens with zero attached hydrogens (tertiary/aromatic N) is 2. The SMILES string of the molecule is O=C(Nc1ccc(OC(F)(F)F)cc1)c1cnc2c(c1)c(=O)[nH]c(=O)n2C1CC1. The van der Waals surface area contributed by atoms with Crippen LogP contribution in [0.2, 0.25) is 0 Å². The van der Waals surface area contributed by atoms with E-state index >= 15 is 0 Å². The highest BCUT2D eigenvalue weighted by Gasteiger charge is 2.31. The molecular weight excluding hydrogens is 393 g/mol. The average Bonchev–Trinajstić information content (AvgIpc) is 3.47. The van der Waals surface area contributed by atoms with Gasteiger partial charge in [0.2, 0.25) is 0 Å². The minimum Gasteiger partial charge on any atom is -0.406 e. The molecule has 4 rings (SSSR count). The number of pyridine rings is 1. The van der Waals surface area contributed by atoms with Crippen LogP contribution in [0.1, 0.15) is 29.2 Å². The molecule has 3 aromatic rings. The van der Waals surface area contributed by atoms with Crippen molar-refractivity contribution in [3.63, 3.8) is 0 Å². The van der Waals surface area contributed by atoms with Crippen LogP contribution < -0.4 is 21.3 Å². The predicted octanol–water partition coefficient (Wildman–Crippen LogP) is 2.57. The van der Waals surface area contributed by atoms with Crippen LogP contribution in [0.15, 0.2) is 46.1 Å². The lowest BCUT2D eigenvalue weighted by atomic mass is 10.2. The number of H-pyrrole nitrogens is 1. The molecule has 0 atom stereocenters. The zero-order valence-electron chi connectivity index (χ0n) is 14.6. The Balaban J connectivity index is 1.59. The maximum atomic E-state index is 12.4. The summed E-state index contributed by atoms with van der Waals surface area (Å²) in [6.45, 7) is 0. The molecule has 2 aromatic heterocycles. The van der Waals surface area contributed by atoms with Gasteiger partial charge in [0.15, 0.2) is 0 Å². The van der Waals surface area contributed by atoms with Gasteiger partial charge < -0.3 is 10.1 Å². The lowest BCUT2D eigenvalue weighted by Crippen LogP contribution is -2.30. The summed E-state index contributed by atoms with van der Waals surface area (Å²) >= 11 is 0. The second-order valence-electron chi connectivity index (χ2n) is 6.48. The standard InChI is InChI=1S/C18H13F3N4O4/c19-18(20,21)29-12-5-1-10(2-6-12)23-15(26)9-7-13-14(22-8-9)25(11-3-4-11)17(28)24-16(13)27/h1-2,5-8,11H,3-4H2,(H,23,26)(H,24,27,28). The summed E-state index contributed by atoms with van der Waals surface area (Å²) in [5.41, 5.74) is -0.721. The van der Waals surface area contributed by atoms with Gasteiger partial charge in [0.25, 0.3) is 11.5 Å². The molecular formula is C18H13F3N4O4. The molecule has 1 amide bonds. The van der Waals surface area contributed by atoms with Crippen molar-refractivity contribution in [2.45, 2.75) is 25.2 Å². The number of rotatable bonds is 4. The van der Waals surface area contributed by atoms with Gasteiger partial charge in [0.1, 0.15) is 11.4 Å². The van der Waals surface area contributed by atoms with Gasteiger partial charge >= 0.3 is 12.1 Å². The number of carbonyl (C=O) groups is 1. The van der Waals surface area contributed by atoms with Crippen molar-refractivity contribution in [1.82, 2.24) is 14.5 Å². The number of anilines is 1. The molecule has 0 radical (unpaired) electrons. The monoisotopic (exact) mass is 406 g/mol. The highest BCUT2D eigenvalue weighted by molar-refractivity contribution is 6.05. The number of benzene rings is 1. The fraction of sp³-hybridized carbons (Fsp3) is 0.222. The topological polar surface area (TPSA) is 106 Å². The predicted molar refractivity (Wildman–Crippen MR) is 96.0 cm³/mol. The number of ether oxygens (including phenoxy) is 1. The van der Waals surface area contributed by atoms with E-state index in [9.17, 15) is 27.6 Å². The van der Waals surface area contributed by atoms with E-state index in [0.29, 0.717) is 0 Å². The zero-order chi connectivity index (χ0) is 20.8. The molecule has 8 nitrogen and oxygen atoms in total.